The number of esters is 1. The van der Waals surface area contributed by atoms with Crippen LogP contribution in [-0.4, -0.2) is 84.6 Å². The largest absolute Gasteiger partial charge is 0.462 e. The number of carbonyl (C=O) groups is 3. The highest BCUT2D eigenvalue weighted by Gasteiger charge is 2.44. The average Bonchev–Trinajstić information content (AvgIpc) is 3.26. The molecule has 230 valence electrons. The lowest BCUT2D eigenvalue weighted by atomic mass is 10.1. The Hall–Kier alpha value is -3.99. The van der Waals surface area contributed by atoms with Gasteiger partial charge in [0.05, 0.1) is 24.3 Å². The lowest BCUT2D eigenvalue weighted by Crippen LogP contribution is -2.47. The van der Waals surface area contributed by atoms with Crippen LogP contribution in [0.5, 0.6) is 0 Å². The van der Waals surface area contributed by atoms with Crippen molar-refractivity contribution in [2.24, 2.45) is 0 Å². The smallest absolute Gasteiger partial charge is 0.338 e. The van der Waals surface area contributed by atoms with Crippen molar-refractivity contribution in [1.29, 1.82) is 0 Å². The second-order valence-corrected chi connectivity index (χ2v) is 11.5. The van der Waals surface area contributed by atoms with Crippen molar-refractivity contribution in [2.75, 3.05) is 61.0 Å². The molecule has 1 atom stereocenters. The van der Waals surface area contributed by atoms with Crippen molar-refractivity contribution < 1.29 is 19.1 Å². The molecule has 2 aliphatic rings. The van der Waals surface area contributed by atoms with E-state index in [-0.39, 0.29) is 24.8 Å². The molecule has 2 aliphatic heterocycles. The molecule has 0 spiro atoms. The first-order valence-corrected chi connectivity index (χ1v) is 15.6. The number of anilines is 3. The van der Waals surface area contributed by atoms with Crippen LogP contribution in [0, 0.1) is 0 Å². The number of nitrogens with one attached hydrogen (secondary N) is 1. The molecule has 2 saturated heterocycles. The van der Waals surface area contributed by atoms with Crippen LogP contribution in [0.3, 0.4) is 0 Å². The number of rotatable bonds is 11. The zero-order valence-corrected chi connectivity index (χ0v) is 26.2. The molecular weight excluding hydrogens is 598 g/mol. The fourth-order valence-corrected chi connectivity index (χ4v) is 6.08. The first-order chi connectivity index (χ1) is 21.3. The third-order valence-electron chi connectivity index (χ3n) is 7.83. The third-order valence-corrected chi connectivity index (χ3v) is 8.50. The zero-order chi connectivity index (χ0) is 31.1. The van der Waals surface area contributed by atoms with Crippen LogP contribution < -0.4 is 15.1 Å². The maximum absolute atomic E-state index is 13.7. The molecule has 1 N–H and O–H groups in total. The molecule has 0 unspecified atom stereocenters. The number of carbonyl (C=O) groups excluding carboxylic acids is 3. The predicted octanol–water partition coefficient (Wildman–Crippen LogP) is 5.06. The molecule has 9 nitrogen and oxygen atoms in total. The Bertz CT molecular complexity index is 1460. The zero-order valence-electron chi connectivity index (χ0n) is 24.7. The fourth-order valence-electron chi connectivity index (χ4n) is 5.54. The van der Waals surface area contributed by atoms with Gasteiger partial charge < -0.3 is 19.9 Å². The molecule has 5 rings (SSSR count). The number of benzene rings is 3. The first-order valence-electron chi connectivity index (χ1n) is 14.8. The summed E-state index contributed by atoms with van der Waals surface area (Å²) in [7, 11) is 0. The van der Waals surface area contributed by atoms with Crippen LogP contribution in [-0.2, 0) is 14.3 Å². The molecule has 0 radical (unpaired) electrons. The van der Waals surface area contributed by atoms with Gasteiger partial charge in [-0.05, 0) is 92.8 Å². The lowest BCUT2D eigenvalue weighted by molar-refractivity contribution is -0.124. The predicted molar refractivity (Wildman–Crippen MR) is 177 cm³/mol. The van der Waals surface area contributed by atoms with Gasteiger partial charge in [0.2, 0.25) is 5.91 Å². The Morgan fingerprint density at radius 1 is 0.909 bits per heavy atom. The quantitative estimate of drug-likeness (QED) is 0.232. The van der Waals surface area contributed by atoms with Crippen molar-refractivity contribution in [3.05, 3.63) is 89.4 Å². The van der Waals surface area contributed by atoms with Crippen molar-refractivity contribution >= 4 is 63.8 Å². The lowest BCUT2D eigenvalue weighted by Gasteiger charge is -2.36. The molecule has 44 heavy (non-hydrogen) atoms. The van der Waals surface area contributed by atoms with E-state index in [9.17, 15) is 14.4 Å². The standard InChI is InChI=1S/C33H36ClN5O4S/c1-2-43-32(42)24-9-13-26(14-10-24)35-30(40)23-29-31(41)39(28-15-11-25(34)12-16-28)33(44)38(29)18-6-17-36-19-21-37(22-20-36)27-7-4-3-5-8-27/h3-5,7-16,29H,2,6,17-23H2,1H3,(H,35,40)/t29-/m0/s1. The summed E-state index contributed by atoms with van der Waals surface area (Å²) in [6.07, 6.45) is 0.721. The average molecular weight is 634 g/mol. The van der Waals surface area contributed by atoms with Crippen LogP contribution in [0.4, 0.5) is 17.1 Å². The Morgan fingerprint density at radius 2 is 1.59 bits per heavy atom. The number of halogens is 1. The van der Waals surface area contributed by atoms with E-state index in [1.807, 2.05) is 11.0 Å². The highest BCUT2D eigenvalue weighted by molar-refractivity contribution is 7.80. The second-order valence-electron chi connectivity index (χ2n) is 10.7. The number of thiocarbonyl (C=S) groups is 1. The number of piperazine rings is 1. The molecule has 2 amide bonds. The van der Waals surface area contributed by atoms with E-state index in [1.165, 1.54) is 10.6 Å². The summed E-state index contributed by atoms with van der Waals surface area (Å²) in [6, 6.07) is 23.1. The summed E-state index contributed by atoms with van der Waals surface area (Å²) in [5.74, 6) is -0.997. The minimum absolute atomic E-state index is 0.0710. The number of hydrogen-bond donors (Lipinski definition) is 1. The summed E-state index contributed by atoms with van der Waals surface area (Å²) in [5.41, 5.74) is 2.77. The van der Waals surface area contributed by atoms with E-state index in [4.69, 9.17) is 28.6 Å². The molecule has 0 aromatic heterocycles. The van der Waals surface area contributed by atoms with E-state index in [2.05, 4.69) is 39.4 Å². The van der Waals surface area contributed by atoms with E-state index in [1.54, 1.807) is 55.5 Å². The van der Waals surface area contributed by atoms with Gasteiger partial charge in [-0.3, -0.25) is 19.4 Å². The Kier molecular flexibility index (Phi) is 10.5. The Morgan fingerprint density at radius 3 is 2.25 bits per heavy atom. The fraction of sp³-hybridized carbons (Fsp3) is 0.333. The molecular formula is C33H36ClN5O4S. The third kappa shape index (κ3) is 7.56. The number of amides is 2. The monoisotopic (exact) mass is 633 g/mol. The first kappa shape index (κ1) is 31.4. The second kappa shape index (κ2) is 14.7. The van der Waals surface area contributed by atoms with E-state index in [0.29, 0.717) is 33.6 Å². The van der Waals surface area contributed by atoms with Crippen LogP contribution in [0.1, 0.15) is 30.1 Å². The van der Waals surface area contributed by atoms with Gasteiger partial charge in [0.25, 0.3) is 5.91 Å². The number of nitrogens with zero attached hydrogens (tertiary/aromatic N) is 4. The van der Waals surface area contributed by atoms with Crippen molar-refractivity contribution in [1.82, 2.24) is 9.80 Å². The minimum Gasteiger partial charge on any atom is -0.462 e. The Labute approximate surface area is 268 Å². The van der Waals surface area contributed by atoms with E-state index >= 15 is 0 Å². The summed E-state index contributed by atoms with van der Waals surface area (Å²) in [4.78, 5) is 47.1. The van der Waals surface area contributed by atoms with Crippen molar-refractivity contribution in [3.8, 4) is 0 Å². The number of para-hydroxylation sites is 1. The topological polar surface area (TPSA) is 85.4 Å². The van der Waals surface area contributed by atoms with Gasteiger partial charge in [0.15, 0.2) is 5.11 Å². The molecule has 3 aromatic rings. The summed E-state index contributed by atoms with van der Waals surface area (Å²) >= 11 is 11.9. The van der Waals surface area contributed by atoms with Gasteiger partial charge in [-0.25, -0.2) is 4.79 Å². The summed E-state index contributed by atoms with van der Waals surface area (Å²) < 4.78 is 5.02. The highest BCUT2D eigenvalue weighted by atomic mass is 35.5. The SMILES string of the molecule is CCOC(=O)c1ccc(NC(=O)C[C@H]2C(=O)N(c3ccc(Cl)cc3)C(=S)N2CCCN2CCN(c3ccccc3)CC2)cc1. The highest BCUT2D eigenvalue weighted by Crippen LogP contribution is 2.29. The van der Waals surface area contributed by atoms with Crippen LogP contribution in [0.15, 0.2) is 78.9 Å². The van der Waals surface area contributed by atoms with Gasteiger partial charge in [0, 0.05) is 49.1 Å². The van der Waals surface area contributed by atoms with Crippen LogP contribution in [0.2, 0.25) is 5.02 Å². The van der Waals surface area contributed by atoms with Gasteiger partial charge >= 0.3 is 5.97 Å². The number of ether oxygens (including phenoxy) is 1. The molecule has 11 heteroatoms. The van der Waals surface area contributed by atoms with Crippen LogP contribution in [0.25, 0.3) is 0 Å². The molecule has 2 fully saturated rings. The molecule has 3 aromatic carbocycles. The maximum atomic E-state index is 13.7. The summed E-state index contributed by atoms with van der Waals surface area (Å²) in [6.45, 7) is 7.25. The van der Waals surface area contributed by atoms with Crippen LogP contribution >= 0.6 is 23.8 Å². The maximum Gasteiger partial charge on any atom is 0.338 e. The van der Waals surface area contributed by atoms with Gasteiger partial charge in [-0.1, -0.05) is 29.8 Å². The molecule has 0 aliphatic carbocycles. The van der Waals surface area contributed by atoms with Gasteiger partial charge in [-0.15, -0.1) is 0 Å². The minimum atomic E-state index is -0.744. The van der Waals surface area contributed by atoms with E-state index in [0.717, 1.165) is 39.1 Å². The van der Waals surface area contributed by atoms with Crippen molar-refractivity contribution in [3.63, 3.8) is 0 Å². The molecule has 2 heterocycles. The number of hydrogen-bond acceptors (Lipinski definition) is 7. The normalized spacial score (nSPS) is 17.2. The van der Waals surface area contributed by atoms with E-state index < -0.39 is 12.0 Å². The van der Waals surface area contributed by atoms with Gasteiger partial charge in [-0.2, -0.15) is 0 Å². The van der Waals surface area contributed by atoms with Gasteiger partial charge in [0.1, 0.15) is 6.04 Å². The molecule has 0 saturated carbocycles. The molecule has 0 bridgehead atoms. The Balaban J connectivity index is 1.22. The summed E-state index contributed by atoms with van der Waals surface area (Å²) in [5, 5.41) is 3.78. The van der Waals surface area contributed by atoms with Crippen molar-refractivity contribution in [2.45, 2.75) is 25.8 Å².